The Morgan fingerprint density at radius 1 is 1.14 bits per heavy atom. The van der Waals surface area contributed by atoms with Gasteiger partial charge in [-0.05, 0) is 37.1 Å². The lowest BCUT2D eigenvalue weighted by molar-refractivity contribution is -0.127. The largest absolute Gasteiger partial charge is 0.339 e. The summed E-state index contributed by atoms with van der Waals surface area (Å²) in [4.78, 5) is 45.8. The fourth-order valence-corrected chi connectivity index (χ4v) is 3.61. The number of nitrogens with zero attached hydrogens (tertiary/aromatic N) is 3. The molecule has 4 rings (SSSR count). The molecule has 1 fully saturated rings. The van der Waals surface area contributed by atoms with Crippen molar-refractivity contribution in [2.75, 3.05) is 13.1 Å². The summed E-state index contributed by atoms with van der Waals surface area (Å²) in [6.07, 6.45) is 5.28. The van der Waals surface area contributed by atoms with Crippen LogP contribution in [0.1, 0.15) is 24.4 Å². The van der Waals surface area contributed by atoms with E-state index in [1.807, 2.05) is 0 Å². The number of likely N-dealkylation sites (tertiary alicyclic amines) is 1. The minimum absolute atomic E-state index is 0.226. The number of halogens is 1. The zero-order valence-electron chi connectivity index (χ0n) is 15.5. The van der Waals surface area contributed by atoms with Crippen molar-refractivity contribution in [2.45, 2.75) is 18.9 Å². The molecule has 0 bridgehead atoms. The molecule has 1 aliphatic rings. The van der Waals surface area contributed by atoms with Crippen LogP contribution in [0.5, 0.6) is 0 Å². The quantitative estimate of drug-likeness (QED) is 0.689. The Hall–Kier alpha value is -3.55. The van der Waals surface area contributed by atoms with Crippen molar-refractivity contribution in [2.24, 2.45) is 0 Å². The van der Waals surface area contributed by atoms with Crippen molar-refractivity contribution in [1.82, 2.24) is 19.4 Å². The zero-order chi connectivity index (χ0) is 20.4. The highest BCUT2D eigenvalue weighted by molar-refractivity contribution is 5.91. The van der Waals surface area contributed by atoms with E-state index in [2.05, 4.69) is 9.97 Å². The third kappa shape index (κ3) is 3.73. The number of pyridine rings is 1. The van der Waals surface area contributed by atoms with Gasteiger partial charge in [-0.2, -0.15) is 0 Å². The minimum Gasteiger partial charge on any atom is -0.339 e. The molecule has 148 valence electrons. The third-order valence-electron chi connectivity index (χ3n) is 5.15. The van der Waals surface area contributed by atoms with Crippen LogP contribution < -0.4 is 11.2 Å². The molecule has 2 aromatic heterocycles. The zero-order valence-corrected chi connectivity index (χ0v) is 15.5. The summed E-state index contributed by atoms with van der Waals surface area (Å²) >= 11 is 0. The molecular weight excluding hydrogens is 375 g/mol. The number of hydrogen-bond donors (Lipinski definition) is 1. The molecule has 3 heterocycles. The molecule has 1 saturated heterocycles. The molecule has 0 unspecified atom stereocenters. The number of aromatic nitrogens is 3. The number of aromatic amines is 1. The van der Waals surface area contributed by atoms with E-state index in [4.69, 9.17) is 0 Å². The lowest BCUT2D eigenvalue weighted by atomic mass is 10.0. The molecule has 0 radical (unpaired) electrons. The first-order valence-electron chi connectivity index (χ1n) is 9.35. The minimum atomic E-state index is -0.495. The van der Waals surface area contributed by atoms with Crippen molar-refractivity contribution < 1.29 is 9.18 Å². The molecule has 1 aromatic carbocycles. The van der Waals surface area contributed by atoms with E-state index >= 15 is 0 Å². The number of amides is 1. The molecule has 0 saturated carbocycles. The van der Waals surface area contributed by atoms with Gasteiger partial charge >= 0.3 is 5.69 Å². The highest BCUT2D eigenvalue weighted by atomic mass is 19.1. The number of piperidine rings is 1. The predicted octanol–water partition coefficient (Wildman–Crippen LogP) is 2.10. The van der Waals surface area contributed by atoms with Gasteiger partial charge in [-0.15, -0.1) is 0 Å². The maximum atomic E-state index is 13.7. The second kappa shape index (κ2) is 7.83. The first-order chi connectivity index (χ1) is 14.0. The van der Waals surface area contributed by atoms with Crippen LogP contribution in [0.15, 0.2) is 58.3 Å². The Morgan fingerprint density at radius 2 is 1.90 bits per heavy atom. The highest BCUT2D eigenvalue weighted by Crippen LogP contribution is 2.21. The molecule has 0 spiro atoms. The Labute approximate surface area is 165 Å². The van der Waals surface area contributed by atoms with Crippen molar-refractivity contribution in [1.29, 1.82) is 0 Å². The Morgan fingerprint density at radius 3 is 2.66 bits per heavy atom. The van der Waals surface area contributed by atoms with Crippen LogP contribution in [0.3, 0.4) is 0 Å². The van der Waals surface area contributed by atoms with Gasteiger partial charge in [-0.1, -0.05) is 18.2 Å². The second-order valence-corrected chi connectivity index (χ2v) is 6.92. The maximum absolute atomic E-state index is 13.7. The maximum Gasteiger partial charge on any atom is 0.330 e. The fraction of sp³-hybridized carbons (Fsp3) is 0.238. The third-order valence-corrected chi connectivity index (χ3v) is 5.15. The topological polar surface area (TPSA) is 88.1 Å². The van der Waals surface area contributed by atoms with E-state index in [1.54, 1.807) is 35.2 Å². The summed E-state index contributed by atoms with van der Waals surface area (Å²) in [6.45, 7) is 0.810. The van der Waals surface area contributed by atoms with Crippen molar-refractivity contribution in [3.05, 3.63) is 80.9 Å². The Bertz CT molecular complexity index is 1210. The molecule has 1 aliphatic heterocycles. The molecule has 8 heteroatoms. The average Bonchev–Trinajstić information content (AvgIpc) is 2.73. The molecule has 7 nitrogen and oxygen atoms in total. The average molecular weight is 394 g/mol. The van der Waals surface area contributed by atoms with E-state index in [0.29, 0.717) is 36.9 Å². The van der Waals surface area contributed by atoms with Crippen molar-refractivity contribution in [3.8, 4) is 0 Å². The summed E-state index contributed by atoms with van der Waals surface area (Å²) in [7, 11) is 0. The first kappa shape index (κ1) is 18.8. The molecular formula is C21H19FN4O3. The monoisotopic (exact) mass is 394 g/mol. The van der Waals surface area contributed by atoms with Gasteiger partial charge in [0.15, 0.2) is 0 Å². The standard InChI is InChI=1S/C21H19FN4O3/c22-17-6-2-1-4-14(17)7-8-18(27)25-12-9-15(10-13-25)26-20(28)16-5-3-11-23-19(16)24-21(26)29/h1-8,11,15H,9-10,12-13H2,(H,23,24,29)/b8-7+. The lowest BCUT2D eigenvalue weighted by Gasteiger charge is -2.31. The number of nitrogens with one attached hydrogen (secondary N) is 1. The van der Waals surface area contributed by atoms with Crippen LogP contribution >= 0.6 is 0 Å². The normalized spacial score (nSPS) is 15.3. The number of H-pyrrole nitrogens is 1. The number of hydrogen-bond acceptors (Lipinski definition) is 4. The fourth-order valence-electron chi connectivity index (χ4n) is 3.61. The van der Waals surface area contributed by atoms with E-state index in [9.17, 15) is 18.8 Å². The van der Waals surface area contributed by atoms with Gasteiger partial charge in [0, 0.05) is 37.0 Å². The van der Waals surface area contributed by atoms with Gasteiger partial charge in [0.2, 0.25) is 5.91 Å². The molecule has 1 amide bonds. The predicted molar refractivity (Wildman–Crippen MR) is 107 cm³/mol. The van der Waals surface area contributed by atoms with Gasteiger partial charge in [0.05, 0.1) is 5.39 Å². The van der Waals surface area contributed by atoms with Crippen molar-refractivity contribution in [3.63, 3.8) is 0 Å². The number of fused-ring (bicyclic) bond motifs is 1. The van der Waals surface area contributed by atoms with Crippen LogP contribution in [0.25, 0.3) is 17.1 Å². The van der Waals surface area contributed by atoms with Gasteiger partial charge in [-0.25, -0.2) is 14.2 Å². The van der Waals surface area contributed by atoms with E-state index in [1.165, 1.54) is 29.0 Å². The molecule has 3 aromatic rings. The van der Waals surface area contributed by atoms with Crippen LogP contribution in [-0.2, 0) is 4.79 Å². The lowest BCUT2D eigenvalue weighted by Crippen LogP contribution is -2.44. The molecule has 1 N–H and O–H groups in total. The summed E-state index contributed by atoms with van der Waals surface area (Å²) in [5.41, 5.74) is -0.255. The summed E-state index contributed by atoms with van der Waals surface area (Å²) < 4.78 is 14.9. The Balaban J connectivity index is 1.48. The molecule has 29 heavy (non-hydrogen) atoms. The number of carbonyl (C=O) groups is 1. The number of rotatable bonds is 3. The second-order valence-electron chi connectivity index (χ2n) is 6.92. The van der Waals surface area contributed by atoms with Gasteiger partial charge in [-0.3, -0.25) is 19.1 Å². The molecule has 0 atom stereocenters. The van der Waals surface area contributed by atoms with Crippen LogP contribution in [0.2, 0.25) is 0 Å². The SMILES string of the molecule is O=C(/C=C/c1ccccc1F)N1CCC(n2c(=O)[nH]c3ncccc3c2=O)CC1. The highest BCUT2D eigenvalue weighted by Gasteiger charge is 2.25. The van der Waals surface area contributed by atoms with E-state index in [0.717, 1.165) is 0 Å². The van der Waals surface area contributed by atoms with Crippen molar-refractivity contribution >= 4 is 23.0 Å². The summed E-state index contributed by atoms with van der Waals surface area (Å²) in [5.74, 6) is -0.615. The number of carbonyl (C=O) groups excluding carboxylic acids is 1. The molecule has 0 aliphatic carbocycles. The van der Waals surface area contributed by atoms with Crippen LogP contribution in [0, 0.1) is 5.82 Å². The Kier molecular flexibility index (Phi) is 5.07. The summed E-state index contributed by atoms with van der Waals surface area (Å²) in [6, 6.07) is 9.20. The van der Waals surface area contributed by atoms with Gasteiger partial charge in [0.25, 0.3) is 5.56 Å². The van der Waals surface area contributed by atoms with E-state index in [-0.39, 0.29) is 29.0 Å². The van der Waals surface area contributed by atoms with E-state index < -0.39 is 5.69 Å². The van der Waals surface area contributed by atoms with Gasteiger partial charge in [0.1, 0.15) is 11.5 Å². The van der Waals surface area contributed by atoms with Crippen LogP contribution in [0.4, 0.5) is 4.39 Å². The smallest absolute Gasteiger partial charge is 0.330 e. The van der Waals surface area contributed by atoms with Crippen LogP contribution in [-0.4, -0.2) is 38.4 Å². The first-order valence-corrected chi connectivity index (χ1v) is 9.35. The summed E-state index contributed by atoms with van der Waals surface area (Å²) in [5, 5.41) is 0.360. The number of benzene rings is 1. The van der Waals surface area contributed by atoms with Gasteiger partial charge < -0.3 is 4.90 Å².